The molecule has 1 N–H and O–H groups in total. The van der Waals surface area contributed by atoms with E-state index in [1.54, 1.807) is 0 Å². The van der Waals surface area contributed by atoms with Crippen LogP contribution >= 0.6 is 0 Å². The lowest BCUT2D eigenvalue weighted by molar-refractivity contribution is -0.121. The molecule has 17 heavy (non-hydrogen) atoms. The summed E-state index contributed by atoms with van der Waals surface area (Å²) in [4.78, 5) is 11.8. The Kier molecular flexibility index (Phi) is 4.15. The normalized spacial score (nSPS) is 21.1. The lowest BCUT2D eigenvalue weighted by Crippen LogP contribution is -2.41. The Bertz CT molecular complexity index is 358. The van der Waals surface area contributed by atoms with Crippen molar-refractivity contribution in [1.29, 1.82) is 0 Å². The fraction of sp³-hybridized carbons (Fsp3) is 0.500. The molecule has 0 bridgehead atoms. The van der Waals surface area contributed by atoms with Crippen LogP contribution in [0.1, 0.15) is 25.3 Å². The van der Waals surface area contributed by atoms with Crippen molar-refractivity contribution in [3.05, 3.63) is 35.9 Å². The maximum Gasteiger partial charge on any atom is 0.224 e. The SMILES string of the molecule is C[C@@H](NC(=O)Cc1ccccc1)[C@H]1CCCO1. The maximum atomic E-state index is 11.8. The predicted molar refractivity (Wildman–Crippen MR) is 66.7 cm³/mol. The van der Waals surface area contributed by atoms with Crippen molar-refractivity contribution >= 4 is 5.91 Å². The minimum Gasteiger partial charge on any atom is -0.376 e. The first kappa shape index (κ1) is 12.1. The van der Waals surface area contributed by atoms with E-state index in [9.17, 15) is 4.79 Å². The van der Waals surface area contributed by atoms with Crippen molar-refractivity contribution in [3.63, 3.8) is 0 Å². The van der Waals surface area contributed by atoms with Gasteiger partial charge in [0.15, 0.2) is 0 Å². The Labute approximate surface area is 102 Å². The first-order valence-corrected chi connectivity index (χ1v) is 6.20. The summed E-state index contributed by atoms with van der Waals surface area (Å²) in [5.74, 6) is 0.0687. The second-order valence-corrected chi connectivity index (χ2v) is 4.57. The molecule has 1 heterocycles. The van der Waals surface area contributed by atoms with Crippen LogP contribution in [0.15, 0.2) is 30.3 Å². The third-order valence-corrected chi connectivity index (χ3v) is 3.12. The summed E-state index contributed by atoms with van der Waals surface area (Å²) < 4.78 is 5.55. The lowest BCUT2D eigenvalue weighted by atomic mass is 10.1. The van der Waals surface area contributed by atoms with Crippen LogP contribution in [0.25, 0.3) is 0 Å². The summed E-state index contributed by atoms with van der Waals surface area (Å²) in [7, 11) is 0. The molecule has 0 aromatic heterocycles. The van der Waals surface area contributed by atoms with Crippen LogP contribution < -0.4 is 5.32 Å². The number of hydrogen-bond donors (Lipinski definition) is 1. The van der Waals surface area contributed by atoms with Gasteiger partial charge in [0, 0.05) is 6.61 Å². The van der Waals surface area contributed by atoms with Gasteiger partial charge in [0.2, 0.25) is 5.91 Å². The minimum absolute atomic E-state index is 0.0687. The van der Waals surface area contributed by atoms with Gasteiger partial charge in [-0.05, 0) is 25.3 Å². The van der Waals surface area contributed by atoms with Crippen LogP contribution in [0.5, 0.6) is 0 Å². The molecule has 1 aliphatic heterocycles. The van der Waals surface area contributed by atoms with E-state index in [0.717, 1.165) is 25.0 Å². The number of nitrogens with one attached hydrogen (secondary N) is 1. The molecular weight excluding hydrogens is 214 g/mol. The standard InChI is InChI=1S/C14H19NO2/c1-11(13-8-5-9-17-13)15-14(16)10-12-6-3-2-4-7-12/h2-4,6-7,11,13H,5,8-10H2,1H3,(H,15,16)/t11-,13-/m1/s1. The van der Waals surface area contributed by atoms with E-state index in [2.05, 4.69) is 5.32 Å². The largest absolute Gasteiger partial charge is 0.376 e. The number of ether oxygens (including phenoxy) is 1. The Morgan fingerprint density at radius 2 is 2.24 bits per heavy atom. The highest BCUT2D eigenvalue weighted by atomic mass is 16.5. The summed E-state index contributed by atoms with van der Waals surface area (Å²) in [5.41, 5.74) is 1.05. The van der Waals surface area contributed by atoms with Gasteiger partial charge in [-0.1, -0.05) is 30.3 Å². The van der Waals surface area contributed by atoms with E-state index in [1.165, 1.54) is 0 Å². The van der Waals surface area contributed by atoms with Gasteiger partial charge >= 0.3 is 0 Å². The number of carbonyl (C=O) groups is 1. The summed E-state index contributed by atoms with van der Waals surface area (Å²) in [6, 6.07) is 9.90. The zero-order valence-electron chi connectivity index (χ0n) is 10.2. The third-order valence-electron chi connectivity index (χ3n) is 3.12. The second-order valence-electron chi connectivity index (χ2n) is 4.57. The molecule has 2 rings (SSSR count). The molecule has 1 aliphatic rings. The van der Waals surface area contributed by atoms with Crippen LogP contribution in [0.2, 0.25) is 0 Å². The second kappa shape index (κ2) is 5.82. The van der Waals surface area contributed by atoms with Crippen molar-refractivity contribution in [2.75, 3.05) is 6.61 Å². The summed E-state index contributed by atoms with van der Waals surface area (Å²) >= 11 is 0. The highest BCUT2D eigenvalue weighted by Crippen LogP contribution is 2.15. The molecule has 1 aromatic rings. The molecule has 1 saturated heterocycles. The predicted octanol–water partition coefficient (Wildman–Crippen LogP) is 1.91. The monoisotopic (exact) mass is 233 g/mol. The summed E-state index contributed by atoms with van der Waals surface area (Å²) in [5, 5.41) is 3.01. The highest BCUT2D eigenvalue weighted by Gasteiger charge is 2.23. The average molecular weight is 233 g/mol. The number of hydrogen-bond acceptors (Lipinski definition) is 2. The molecule has 1 amide bonds. The van der Waals surface area contributed by atoms with Gasteiger partial charge in [-0.25, -0.2) is 0 Å². The quantitative estimate of drug-likeness (QED) is 0.862. The summed E-state index contributed by atoms with van der Waals surface area (Å²) in [6.07, 6.45) is 2.78. The third kappa shape index (κ3) is 3.56. The van der Waals surface area contributed by atoms with Gasteiger partial charge in [-0.15, -0.1) is 0 Å². The molecular formula is C14H19NO2. The summed E-state index contributed by atoms with van der Waals surface area (Å²) in [6.45, 7) is 2.84. The first-order chi connectivity index (χ1) is 8.25. The van der Waals surface area contributed by atoms with Crippen LogP contribution in [-0.2, 0) is 16.0 Å². The number of carbonyl (C=O) groups excluding carboxylic acids is 1. The zero-order valence-corrected chi connectivity index (χ0v) is 10.2. The van der Waals surface area contributed by atoms with Crippen LogP contribution in [0.3, 0.4) is 0 Å². The Hall–Kier alpha value is -1.35. The zero-order chi connectivity index (χ0) is 12.1. The van der Waals surface area contributed by atoms with E-state index in [0.29, 0.717) is 6.42 Å². The number of amides is 1. The Balaban J connectivity index is 1.80. The minimum atomic E-state index is 0.0687. The van der Waals surface area contributed by atoms with Crippen molar-refractivity contribution in [2.45, 2.75) is 38.3 Å². The Morgan fingerprint density at radius 3 is 2.88 bits per heavy atom. The van der Waals surface area contributed by atoms with E-state index < -0.39 is 0 Å². The van der Waals surface area contributed by atoms with Crippen LogP contribution in [0.4, 0.5) is 0 Å². The molecule has 0 spiro atoms. The van der Waals surface area contributed by atoms with Gasteiger partial charge in [0.1, 0.15) is 0 Å². The van der Waals surface area contributed by atoms with Gasteiger partial charge in [0.25, 0.3) is 0 Å². The van der Waals surface area contributed by atoms with Crippen molar-refractivity contribution in [1.82, 2.24) is 5.32 Å². The smallest absolute Gasteiger partial charge is 0.224 e. The van der Waals surface area contributed by atoms with Gasteiger partial charge in [-0.2, -0.15) is 0 Å². The molecule has 3 nitrogen and oxygen atoms in total. The van der Waals surface area contributed by atoms with Crippen LogP contribution in [-0.4, -0.2) is 24.7 Å². The Morgan fingerprint density at radius 1 is 1.47 bits per heavy atom. The van der Waals surface area contributed by atoms with Crippen molar-refractivity contribution < 1.29 is 9.53 Å². The van der Waals surface area contributed by atoms with E-state index in [-0.39, 0.29) is 18.1 Å². The molecule has 3 heteroatoms. The number of rotatable bonds is 4. The molecule has 1 fully saturated rings. The van der Waals surface area contributed by atoms with E-state index in [4.69, 9.17) is 4.74 Å². The van der Waals surface area contributed by atoms with E-state index in [1.807, 2.05) is 37.3 Å². The molecule has 0 saturated carbocycles. The van der Waals surface area contributed by atoms with Crippen molar-refractivity contribution in [2.24, 2.45) is 0 Å². The molecule has 0 unspecified atom stereocenters. The van der Waals surface area contributed by atoms with Gasteiger partial charge in [0.05, 0.1) is 18.6 Å². The molecule has 2 atom stereocenters. The molecule has 1 aromatic carbocycles. The fourth-order valence-electron chi connectivity index (χ4n) is 2.18. The molecule has 0 radical (unpaired) electrons. The van der Waals surface area contributed by atoms with Crippen molar-refractivity contribution in [3.8, 4) is 0 Å². The first-order valence-electron chi connectivity index (χ1n) is 6.20. The molecule has 92 valence electrons. The lowest BCUT2D eigenvalue weighted by Gasteiger charge is -2.19. The maximum absolute atomic E-state index is 11.8. The van der Waals surface area contributed by atoms with Crippen LogP contribution in [0, 0.1) is 0 Å². The average Bonchev–Trinajstić information content (AvgIpc) is 2.83. The van der Waals surface area contributed by atoms with E-state index >= 15 is 0 Å². The highest BCUT2D eigenvalue weighted by molar-refractivity contribution is 5.78. The number of benzene rings is 1. The fourth-order valence-corrected chi connectivity index (χ4v) is 2.18. The van der Waals surface area contributed by atoms with Gasteiger partial charge < -0.3 is 10.1 Å². The molecule has 0 aliphatic carbocycles. The van der Waals surface area contributed by atoms with Gasteiger partial charge in [-0.3, -0.25) is 4.79 Å². The topological polar surface area (TPSA) is 38.3 Å².